The van der Waals surface area contributed by atoms with Crippen LogP contribution in [-0.2, 0) is 16.8 Å². The Kier molecular flexibility index (Phi) is 4.79. The fourth-order valence-corrected chi connectivity index (χ4v) is 3.97. The molecule has 114 valence electrons. The van der Waals surface area contributed by atoms with Crippen LogP contribution in [-0.4, -0.2) is 37.0 Å². The number of aromatic nitrogens is 1. The summed E-state index contributed by atoms with van der Waals surface area (Å²) in [5.74, 6) is 0.638. The van der Waals surface area contributed by atoms with Crippen molar-refractivity contribution in [1.29, 1.82) is 0 Å². The number of piperidine rings is 1. The van der Waals surface area contributed by atoms with Crippen LogP contribution in [0.3, 0.4) is 0 Å². The predicted octanol–water partition coefficient (Wildman–Crippen LogP) is 0.439. The van der Waals surface area contributed by atoms with Crippen LogP contribution in [0.1, 0.15) is 36.3 Å². The molecule has 0 radical (unpaired) electrons. The van der Waals surface area contributed by atoms with Crippen molar-refractivity contribution in [2.75, 3.05) is 13.1 Å². The fraction of sp³-hybridized carbons (Fsp3) is 0.750. The Hall–Kier alpha value is -0.960. The van der Waals surface area contributed by atoms with Crippen LogP contribution in [0, 0.1) is 13.8 Å². The smallest absolute Gasteiger partial charge is 0.280 e. The Labute approximate surface area is 119 Å². The highest BCUT2D eigenvalue weighted by atomic mass is 32.2. The Bertz CT molecular complexity index is 536. The Morgan fingerprint density at radius 3 is 2.80 bits per heavy atom. The van der Waals surface area contributed by atoms with Crippen LogP contribution in [0.4, 0.5) is 0 Å². The second-order valence-corrected chi connectivity index (χ2v) is 6.83. The standard InChI is InChI=1S/C12H22N4O3S/c1-9-12(10(2)19-15-9)8-14-20(17,18)16-6-4-3-5-11(16)7-13/h11,14H,3-8,13H2,1-2H3. The Morgan fingerprint density at radius 1 is 1.45 bits per heavy atom. The van der Waals surface area contributed by atoms with Crippen molar-refractivity contribution in [3.63, 3.8) is 0 Å². The van der Waals surface area contributed by atoms with Gasteiger partial charge in [-0.2, -0.15) is 17.4 Å². The zero-order valence-electron chi connectivity index (χ0n) is 11.9. The number of nitrogens with one attached hydrogen (secondary N) is 1. The van der Waals surface area contributed by atoms with Crippen molar-refractivity contribution >= 4 is 10.2 Å². The first kappa shape index (κ1) is 15.4. The molecular formula is C12H22N4O3S. The summed E-state index contributed by atoms with van der Waals surface area (Å²) in [6.45, 7) is 4.64. The Morgan fingerprint density at radius 2 is 2.20 bits per heavy atom. The number of rotatable bonds is 5. The number of hydrogen-bond acceptors (Lipinski definition) is 5. The minimum Gasteiger partial charge on any atom is -0.361 e. The molecule has 20 heavy (non-hydrogen) atoms. The maximum Gasteiger partial charge on any atom is 0.280 e. The summed E-state index contributed by atoms with van der Waals surface area (Å²) in [5.41, 5.74) is 7.16. The van der Waals surface area contributed by atoms with Crippen molar-refractivity contribution in [3.8, 4) is 0 Å². The summed E-state index contributed by atoms with van der Waals surface area (Å²) in [5, 5.41) is 3.82. The molecule has 1 saturated heterocycles. The molecule has 1 aromatic rings. The van der Waals surface area contributed by atoms with Gasteiger partial charge in [0.1, 0.15) is 5.76 Å². The summed E-state index contributed by atoms with van der Waals surface area (Å²) >= 11 is 0. The highest BCUT2D eigenvalue weighted by Gasteiger charge is 2.31. The van der Waals surface area contributed by atoms with E-state index in [4.69, 9.17) is 10.3 Å². The number of aryl methyl sites for hydroxylation is 2. The molecule has 1 fully saturated rings. The van der Waals surface area contributed by atoms with E-state index in [1.807, 2.05) is 0 Å². The van der Waals surface area contributed by atoms with Gasteiger partial charge in [0.25, 0.3) is 10.2 Å². The number of nitrogens with two attached hydrogens (primary N) is 1. The van der Waals surface area contributed by atoms with E-state index in [2.05, 4.69) is 9.88 Å². The van der Waals surface area contributed by atoms with Gasteiger partial charge >= 0.3 is 0 Å². The molecule has 7 nitrogen and oxygen atoms in total. The van der Waals surface area contributed by atoms with Gasteiger partial charge in [0.15, 0.2) is 0 Å². The lowest BCUT2D eigenvalue weighted by atomic mass is 10.1. The van der Waals surface area contributed by atoms with E-state index in [1.165, 1.54) is 4.31 Å². The highest BCUT2D eigenvalue weighted by molar-refractivity contribution is 7.87. The molecule has 1 aliphatic heterocycles. The molecule has 0 amide bonds. The summed E-state index contributed by atoms with van der Waals surface area (Å²) in [6, 6.07) is -0.106. The molecule has 0 spiro atoms. The molecule has 1 aromatic heterocycles. The maximum atomic E-state index is 12.4. The van der Waals surface area contributed by atoms with Crippen molar-refractivity contribution < 1.29 is 12.9 Å². The second kappa shape index (κ2) is 6.21. The van der Waals surface area contributed by atoms with E-state index in [-0.39, 0.29) is 12.6 Å². The SMILES string of the molecule is Cc1noc(C)c1CNS(=O)(=O)N1CCCCC1CN. The van der Waals surface area contributed by atoms with E-state index in [9.17, 15) is 8.42 Å². The highest BCUT2D eigenvalue weighted by Crippen LogP contribution is 2.19. The number of hydrogen-bond donors (Lipinski definition) is 2. The van der Waals surface area contributed by atoms with Crippen LogP contribution in [0.5, 0.6) is 0 Å². The van der Waals surface area contributed by atoms with E-state index in [0.717, 1.165) is 24.8 Å². The minimum absolute atomic E-state index is 0.106. The van der Waals surface area contributed by atoms with Gasteiger partial charge in [-0.1, -0.05) is 11.6 Å². The third-order valence-corrected chi connectivity index (χ3v) is 5.37. The van der Waals surface area contributed by atoms with Gasteiger partial charge in [0, 0.05) is 31.2 Å². The largest absolute Gasteiger partial charge is 0.361 e. The molecule has 8 heteroatoms. The van der Waals surface area contributed by atoms with Gasteiger partial charge in [-0.25, -0.2) is 0 Å². The zero-order chi connectivity index (χ0) is 14.8. The molecule has 2 rings (SSSR count). The summed E-state index contributed by atoms with van der Waals surface area (Å²) in [7, 11) is -3.52. The van der Waals surface area contributed by atoms with Crippen LogP contribution < -0.4 is 10.5 Å². The second-order valence-electron chi connectivity index (χ2n) is 5.12. The average Bonchev–Trinajstić information content (AvgIpc) is 2.76. The lowest BCUT2D eigenvalue weighted by Crippen LogP contribution is -2.51. The molecule has 3 N–H and O–H groups in total. The van der Waals surface area contributed by atoms with Crippen LogP contribution >= 0.6 is 0 Å². The lowest BCUT2D eigenvalue weighted by molar-refractivity contribution is 0.254. The zero-order valence-corrected chi connectivity index (χ0v) is 12.7. The molecule has 0 bridgehead atoms. The summed E-state index contributed by atoms with van der Waals surface area (Å²) in [6.07, 6.45) is 2.73. The first-order valence-corrected chi connectivity index (χ1v) is 8.28. The van der Waals surface area contributed by atoms with E-state index in [1.54, 1.807) is 13.8 Å². The van der Waals surface area contributed by atoms with Crippen LogP contribution in [0.2, 0.25) is 0 Å². The summed E-state index contributed by atoms with van der Waals surface area (Å²) in [4.78, 5) is 0. The van der Waals surface area contributed by atoms with Crippen molar-refractivity contribution in [3.05, 3.63) is 17.0 Å². The van der Waals surface area contributed by atoms with Crippen LogP contribution in [0.25, 0.3) is 0 Å². The van der Waals surface area contributed by atoms with Crippen molar-refractivity contribution in [2.24, 2.45) is 5.73 Å². The van der Waals surface area contributed by atoms with Gasteiger partial charge in [0.05, 0.1) is 5.69 Å². The average molecular weight is 302 g/mol. The van der Waals surface area contributed by atoms with E-state index < -0.39 is 10.2 Å². The van der Waals surface area contributed by atoms with Gasteiger partial charge < -0.3 is 10.3 Å². The van der Waals surface area contributed by atoms with Crippen molar-refractivity contribution in [2.45, 2.75) is 45.7 Å². The summed E-state index contributed by atoms with van der Waals surface area (Å²) < 4.78 is 33.9. The molecule has 1 aliphatic rings. The van der Waals surface area contributed by atoms with E-state index in [0.29, 0.717) is 24.5 Å². The molecule has 0 aromatic carbocycles. The predicted molar refractivity (Wildman–Crippen MR) is 75.1 cm³/mol. The quantitative estimate of drug-likeness (QED) is 0.821. The monoisotopic (exact) mass is 302 g/mol. The first-order valence-electron chi connectivity index (χ1n) is 6.84. The molecule has 1 atom stereocenters. The first-order chi connectivity index (χ1) is 9.45. The third kappa shape index (κ3) is 3.20. The molecule has 0 saturated carbocycles. The fourth-order valence-electron chi connectivity index (χ4n) is 2.53. The van der Waals surface area contributed by atoms with Gasteiger partial charge in [-0.3, -0.25) is 0 Å². The third-order valence-electron chi connectivity index (χ3n) is 3.77. The van der Waals surface area contributed by atoms with Crippen molar-refractivity contribution in [1.82, 2.24) is 14.2 Å². The molecule has 1 unspecified atom stereocenters. The van der Waals surface area contributed by atoms with Crippen LogP contribution in [0.15, 0.2) is 4.52 Å². The Balaban J connectivity index is 2.07. The molecule has 2 heterocycles. The van der Waals surface area contributed by atoms with E-state index >= 15 is 0 Å². The van der Waals surface area contributed by atoms with Gasteiger partial charge in [-0.15, -0.1) is 0 Å². The number of nitrogens with zero attached hydrogens (tertiary/aromatic N) is 2. The molecular weight excluding hydrogens is 280 g/mol. The topological polar surface area (TPSA) is 101 Å². The molecule has 0 aliphatic carbocycles. The van der Waals surface area contributed by atoms with Gasteiger partial charge in [-0.05, 0) is 26.7 Å². The minimum atomic E-state index is -3.52. The van der Waals surface area contributed by atoms with Gasteiger partial charge in [0.2, 0.25) is 0 Å². The normalized spacial score (nSPS) is 21.2. The maximum absolute atomic E-state index is 12.4. The lowest BCUT2D eigenvalue weighted by Gasteiger charge is -2.33.